The molecular formula is C16H22N8. The lowest BCUT2D eigenvalue weighted by atomic mass is 10.4. The van der Waals surface area contributed by atoms with Crippen LogP contribution in [0.2, 0.25) is 0 Å². The maximum Gasteiger partial charge on any atom is 0.229 e. The number of rotatable bonds is 4. The number of nitrogens with one attached hydrogen (secondary N) is 1. The van der Waals surface area contributed by atoms with Gasteiger partial charge in [-0.25, -0.2) is 4.98 Å². The van der Waals surface area contributed by atoms with Crippen LogP contribution in [-0.4, -0.2) is 42.4 Å². The zero-order chi connectivity index (χ0) is 16.7. The Morgan fingerprint density at radius 2 is 1.96 bits per heavy atom. The predicted molar refractivity (Wildman–Crippen MR) is 93.6 cm³/mol. The summed E-state index contributed by atoms with van der Waals surface area (Å²) >= 11 is 0. The van der Waals surface area contributed by atoms with Crippen LogP contribution in [-0.2, 0) is 7.05 Å². The molecule has 0 atom stereocenters. The van der Waals surface area contributed by atoms with E-state index in [2.05, 4.69) is 38.7 Å². The van der Waals surface area contributed by atoms with Crippen LogP contribution in [0.1, 0.15) is 32.7 Å². The highest BCUT2D eigenvalue weighted by Crippen LogP contribution is 2.28. The van der Waals surface area contributed by atoms with Crippen LogP contribution >= 0.6 is 0 Å². The van der Waals surface area contributed by atoms with Crippen molar-refractivity contribution >= 4 is 28.6 Å². The Hall–Kier alpha value is -2.64. The van der Waals surface area contributed by atoms with Crippen molar-refractivity contribution in [2.75, 3.05) is 23.3 Å². The van der Waals surface area contributed by atoms with E-state index >= 15 is 0 Å². The van der Waals surface area contributed by atoms with Crippen molar-refractivity contribution < 1.29 is 0 Å². The van der Waals surface area contributed by atoms with Gasteiger partial charge in [-0.2, -0.15) is 15.1 Å². The zero-order valence-corrected chi connectivity index (χ0v) is 14.3. The van der Waals surface area contributed by atoms with E-state index in [1.165, 1.54) is 12.8 Å². The highest BCUT2D eigenvalue weighted by atomic mass is 15.3. The molecule has 0 bridgehead atoms. The number of anilines is 3. The van der Waals surface area contributed by atoms with Crippen LogP contribution < -0.4 is 10.2 Å². The van der Waals surface area contributed by atoms with Gasteiger partial charge < -0.3 is 14.8 Å². The molecule has 3 aromatic rings. The Kier molecular flexibility index (Phi) is 3.59. The van der Waals surface area contributed by atoms with E-state index in [0.29, 0.717) is 6.04 Å². The van der Waals surface area contributed by atoms with Gasteiger partial charge in [0.25, 0.3) is 0 Å². The van der Waals surface area contributed by atoms with Crippen molar-refractivity contribution in [3.8, 4) is 0 Å². The molecule has 8 nitrogen and oxygen atoms in total. The standard InChI is InChI=1S/C16H22N8/c1-11(2)24-10-17-13-14(19-12-8-18-22(3)9-12)20-16(21-15(13)24)23-6-4-5-7-23/h8-11H,4-7H2,1-3H3,(H,19,20,21). The average Bonchev–Trinajstić information content (AvgIpc) is 3.26. The van der Waals surface area contributed by atoms with Crippen LogP contribution in [0.4, 0.5) is 17.5 Å². The fourth-order valence-corrected chi connectivity index (χ4v) is 3.05. The van der Waals surface area contributed by atoms with E-state index in [-0.39, 0.29) is 0 Å². The summed E-state index contributed by atoms with van der Waals surface area (Å²) in [5.74, 6) is 1.50. The molecule has 0 radical (unpaired) electrons. The van der Waals surface area contributed by atoms with Crippen molar-refractivity contribution in [1.29, 1.82) is 0 Å². The number of aryl methyl sites for hydroxylation is 1. The molecule has 1 saturated heterocycles. The summed E-state index contributed by atoms with van der Waals surface area (Å²) < 4.78 is 3.85. The third-order valence-corrected chi connectivity index (χ3v) is 4.32. The largest absolute Gasteiger partial charge is 0.341 e. The van der Waals surface area contributed by atoms with Crippen molar-refractivity contribution in [3.63, 3.8) is 0 Å². The van der Waals surface area contributed by atoms with E-state index in [4.69, 9.17) is 9.97 Å². The molecule has 0 aliphatic carbocycles. The third-order valence-electron chi connectivity index (χ3n) is 4.32. The fraction of sp³-hybridized carbons (Fsp3) is 0.500. The molecule has 4 rings (SSSR count). The summed E-state index contributed by atoms with van der Waals surface area (Å²) in [6.07, 6.45) is 7.92. The number of hydrogen-bond donors (Lipinski definition) is 1. The lowest BCUT2D eigenvalue weighted by Gasteiger charge is -2.17. The topological polar surface area (TPSA) is 76.7 Å². The molecule has 1 aliphatic heterocycles. The van der Waals surface area contributed by atoms with E-state index in [9.17, 15) is 0 Å². The molecule has 8 heteroatoms. The van der Waals surface area contributed by atoms with Gasteiger partial charge in [-0.3, -0.25) is 4.68 Å². The Morgan fingerprint density at radius 1 is 1.17 bits per heavy atom. The Balaban J connectivity index is 1.83. The van der Waals surface area contributed by atoms with Gasteiger partial charge in [0.15, 0.2) is 17.0 Å². The number of aromatic nitrogens is 6. The van der Waals surface area contributed by atoms with E-state index in [1.807, 2.05) is 19.6 Å². The number of hydrogen-bond acceptors (Lipinski definition) is 6. The smallest absolute Gasteiger partial charge is 0.229 e. The number of fused-ring (bicyclic) bond motifs is 1. The van der Waals surface area contributed by atoms with Gasteiger partial charge in [-0.05, 0) is 26.7 Å². The van der Waals surface area contributed by atoms with Gasteiger partial charge in [0.1, 0.15) is 0 Å². The predicted octanol–water partition coefficient (Wildman–Crippen LogP) is 2.48. The first-order valence-corrected chi connectivity index (χ1v) is 8.37. The van der Waals surface area contributed by atoms with Crippen LogP contribution in [0.3, 0.4) is 0 Å². The van der Waals surface area contributed by atoms with Gasteiger partial charge in [0.2, 0.25) is 5.95 Å². The molecule has 0 spiro atoms. The normalized spacial score (nSPS) is 14.9. The third kappa shape index (κ3) is 2.57. The molecule has 24 heavy (non-hydrogen) atoms. The highest BCUT2D eigenvalue weighted by Gasteiger charge is 2.20. The van der Waals surface area contributed by atoms with Crippen LogP contribution in [0.5, 0.6) is 0 Å². The SMILES string of the molecule is CC(C)n1cnc2c(Nc3cnn(C)c3)nc(N3CCCC3)nc21. The first-order valence-electron chi connectivity index (χ1n) is 8.37. The minimum atomic E-state index is 0.294. The molecule has 0 unspecified atom stereocenters. The number of imidazole rings is 1. The second kappa shape index (κ2) is 5.77. The Morgan fingerprint density at radius 3 is 2.62 bits per heavy atom. The molecule has 4 heterocycles. The van der Waals surface area contributed by atoms with Crippen LogP contribution in [0.25, 0.3) is 11.2 Å². The zero-order valence-electron chi connectivity index (χ0n) is 14.3. The van der Waals surface area contributed by atoms with Gasteiger partial charge >= 0.3 is 0 Å². The summed E-state index contributed by atoms with van der Waals surface area (Å²) in [4.78, 5) is 16.3. The van der Waals surface area contributed by atoms with Crippen molar-refractivity contribution in [2.24, 2.45) is 7.05 Å². The lowest BCUT2D eigenvalue weighted by Crippen LogP contribution is -2.21. The summed E-state index contributed by atoms with van der Waals surface area (Å²) in [6, 6.07) is 0.294. The van der Waals surface area contributed by atoms with Gasteiger partial charge in [-0.15, -0.1) is 0 Å². The minimum absolute atomic E-state index is 0.294. The van der Waals surface area contributed by atoms with E-state index in [0.717, 1.165) is 41.7 Å². The average molecular weight is 326 g/mol. The molecular weight excluding hydrogens is 304 g/mol. The van der Waals surface area contributed by atoms with Gasteiger partial charge in [-0.1, -0.05) is 0 Å². The number of nitrogens with zero attached hydrogens (tertiary/aromatic N) is 7. The fourth-order valence-electron chi connectivity index (χ4n) is 3.05. The van der Waals surface area contributed by atoms with Crippen molar-refractivity contribution in [1.82, 2.24) is 29.3 Å². The van der Waals surface area contributed by atoms with E-state index in [1.54, 1.807) is 10.9 Å². The van der Waals surface area contributed by atoms with E-state index < -0.39 is 0 Å². The molecule has 1 N–H and O–H groups in total. The Labute approximate surface area is 140 Å². The molecule has 0 aromatic carbocycles. The summed E-state index contributed by atoms with van der Waals surface area (Å²) in [5.41, 5.74) is 2.55. The first-order chi connectivity index (χ1) is 11.6. The second-order valence-electron chi connectivity index (χ2n) is 6.51. The molecule has 1 aliphatic rings. The Bertz CT molecular complexity index is 856. The van der Waals surface area contributed by atoms with Crippen molar-refractivity contribution in [3.05, 3.63) is 18.7 Å². The monoisotopic (exact) mass is 326 g/mol. The highest BCUT2D eigenvalue weighted by molar-refractivity contribution is 5.86. The van der Waals surface area contributed by atoms with Gasteiger partial charge in [0.05, 0.1) is 18.2 Å². The molecule has 0 amide bonds. The second-order valence-corrected chi connectivity index (χ2v) is 6.51. The molecule has 0 saturated carbocycles. The summed E-state index contributed by atoms with van der Waals surface area (Å²) in [6.45, 7) is 6.28. The maximum absolute atomic E-state index is 4.80. The molecule has 126 valence electrons. The summed E-state index contributed by atoms with van der Waals surface area (Å²) in [7, 11) is 1.89. The maximum atomic E-state index is 4.80. The quantitative estimate of drug-likeness (QED) is 0.794. The molecule has 3 aromatic heterocycles. The van der Waals surface area contributed by atoms with Crippen LogP contribution in [0.15, 0.2) is 18.7 Å². The first kappa shape index (κ1) is 14.9. The lowest BCUT2D eigenvalue weighted by molar-refractivity contribution is 0.612. The van der Waals surface area contributed by atoms with Gasteiger partial charge in [0, 0.05) is 32.4 Å². The molecule has 1 fully saturated rings. The minimum Gasteiger partial charge on any atom is -0.341 e. The summed E-state index contributed by atoms with van der Waals surface area (Å²) in [5, 5.41) is 7.55. The van der Waals surface area contributed by atoms with Crippen molar-refractivity contribution in [2.45, 2.75) is 32.7 Å². The van der Waals surface area contributed by atoms with Crippen LogP contribution in [0, 0.1) is 0 Å².